The van der Waals surface area contributed by atoms with E-state index in [-0.39, 0.29) is 6.61 Å². The lowest BCUT2D eigenvalue weighted by molar-refractivity contribution is -0.373. The van der Waals surface area contributed by atoms with Crippen molar-refractivity contribution in [2.24, 2.45) is 0 Å². The lowest BCUT2D eigenvalue weighted by atomic mass is 9.99. The maximum absolute atomic E-state index is 10.6. The molecule has 0 saturated carbocycles. The van der Waals surface area contributed by atoms with Crippen LogP contribution in [-0.4, -0.2) is 76.3 Å². The predicted molar refractivity (Wildman–Crippen MR) is 118 cm³/mol. The van der Waals surface area contributed by atoms with Crippen molar-refractivity contribution < 1.29 is 48.1 Å². The van der Waals surface area contributed by atoms with Crippen LogP contribution in [-0.2, 0) is 18.9 Å². The Kier molecular flexibility index (Phi) is 7.77. The van der Waals surface area contributed by atoms with Crippen LogP contribution in [0.1, 0.15) is 23.7 Å². The molecule has 186 valence electrons. The molecule has 34 heavy (non-hydrogen) atoms. The van der Waals surface area contributed by atoms with E-state index in [1.165, 1.54) is 7.11 Å². The van der Waals surface area contributed by atoms with Gasteiger partial charge in [-0.2, -0.15) is 0 Å². The molecule has 2 unspecified atom stereocenters. The Morgan fingerprint density at radius 2 is 1.62 bits per heavy atom. The SMILES string of the molecule is COc1ccc(C2O[C@H]([C@@H](O)CO)[C@@H]3OC(c4ccc(OC)c(OC)c4)OC[C@H]3O2)c(OC)c1. The second kappa shape index (κ2) is 10.8. The molecular formula is C24H30O10. The smallest absolute Gasteiger partial charge is 0.188 e. The highest BCUT2D eigenvalue weighted by Crippen LogP contribution is 2.42. The zero-order valence-electron chi connectivity index (χ0n) is 19.5. The first-order chi connectivity index (χ1) is 16.5. The topological polar surface area (TPSA) is 114 Å². The van der Waals surface area contributed by atoms with Crippen LogP contribution < -0.4 is 18.9 Å². The molecule has 10 heteroatoms. The normalized spacial score (nSPS) is 27.4. The summed E-state index contributed by atoms with van der Waals surface area (Å²) in [4.78, 5) is 0. The van der Waals surface area contributed by atoms with Crippen molar-refractivity contribution in [2.45, 2.75) is 37.0 Å². The second-order valence-corrected chi connectivity index (χ2v) is 7.85. The van der Waals surface area contributed by atoms with Gasteiger partial charge < -0.3 is 48.1 Å². The summed E-state index contributed by atoms with van der Waals surface area (Å²) < 4.78 is 45.8. The maximum Gasteiger partial charge on any atom is 0.188 e. The molecule has 0 spiro atoms. The maximum atomic E-state index is 10.6. The molecule has 0 radical (unpaired) electrons. The van der Waals surface area contributed by atoms with Crippen LogP contribution in [0, 0.1) is 0 Å². The minimum atomic E-state index is -1.20. The Hall–Kier alpha value is -2.60. The highest BCUT2D eigenvalue weighted by molar-refractivity contribution is 5.43. The fraction of sp³-hybridized carbons (Fsp3) is 0.500. The molecule has 2 aromatic rings. The fourth-order valence-electron chi connectivity index (χ4n) is 4.11. The van der Waals surface area contributed by atoms with Crippen molar-refractivity contribution in [1.82, 2.24) is 0 Å². The second-order valence-electron chi connectivity index (χ2n) is 7.85. The van der Waals surface area contributed by atoms with Crippen LogP contribution in [0.2, 0.25) is 0 Å². The van der Waals surface area contributed by atoms with Gasteiger partial charge in [0.1, 0.15) is 35.9 Å². The number of hydrogen-bond acceptors (Lipinski definition) is 10. The lowest BCUT2D eigenvalue weighted by Crippen LogP contribution is -2.58. The Balaban J connectivity index is 1.58. The quantitative estimate of drug-likeness (QED) is 0.584. The number of rotatable bonds is 8. The molecular weight excluding hydrogens is 448 g/mol. The number of methoxy groups -OCH3 is 4. The van der Waals surface area contributed by atoms with Gasteiger partial charge in [0, 0.05) is 11.6 Å². The zero-order chi connectivity index (χ0) is 24.2. The van der Waals surface area contributed by atoms with E-state index in [4.69, 9.17) is 37.9 Å². The van der Waals surface area contributed by atoms with Gasteiger partial charge in [-0.3, -0.25) is 0 Å². The van der Waals surface area contributed by atoms with E-state index >= 15 is 0 Å². The first-order valence-electron chi connectivity index (χ1n) is 10.8. The minimum absolute atomic E-state index is 0.177. The van der Waals surface area contributed by atoms with E-state index in [9.17, 15) is 10.2 Å². The average molecular weight is 478 g/mol. The Morgan fingerprint density at radius 3 is 2.29 bits per heavy atom. The molecule has 0 amide bonds. The third-order valence-electron chi connectivity index (χ3n) is 5.90. The summed E-state index contributed by atoms with van der Waals surface area (Å²) in [6.07, 6.45) is -4.98. The van der Waals surface area contributed by atoms with E-state index in [0.717, 1.165) is 0 Å². The molecule has 4 rings (SSSR count). The summed E-state index contributed by atoms with van der Waals surface area (Å²) in [6, 6.07) is 10.6. The van der Waals surface area contributed by atoms with Gasteiger partial charge in [0.2, 0.25) is 0 Å². The van der Waals surface area contributed by atoms with E-state index in [0.29, 0.717) is 34.1 Å². The number of benzene rings is 2. The van der Waals surface area contributed by atoms with Crippen molar-refractivity contribution in [3.8, 4) is 23.0 Å². The van der Waals surface area contributed by atoms with Crippen molar-refractivity contribution in [1.29, 1.82) is 0 Å². The summed E-state index contributed by atoms with van der Waals surface area (Å²) in [5, 5.41) is 20.2. The van der Waals surface area contributed by atoms with Crippen LogP contribution in [0.4, 0.5) is 0 Å². The van der Waals surface area contributed by atoms with Gasteiger partial charge in [0.05, 0.1) is 47.2 Å². The van der Waals surface area contributed by atoms with Crippen LogP contribution in [0.15, 0.2) is 36.4 Å². The number of hydrogen-bond donors (Lipinski definition) is 2. The largest absolute Gasteiger partial charge is 0.497 e. The van der Waals surface area contributed by atoms with Crippen LogP contribution in [0.3, 0.4) is 0 Å². The highest BCUT2D eigenvalue weighted by atomic mass is 16.8. The monoisotopic (exact) mass is 478 g/mol. The molecule has 2 aliphatic heterocycles. The first-order valence-corrected chi connectivity index (χ1v) is 10.8. The molecule has 0 bridgehead atoms. The molecule has 0 aromatic heterocycles. The summed E-state index contributed by atoms with van der Waals surface area (Å²) in [6.45, 7) is -0.331. The van der Waals surface area contributed by atoms with Gasteiger partial charge in [-0.15, -0.1) is 0 Å². The Bertz CT molecular complexity index is 967. The van der Waals surface area contributed by atoms with Crippen molar-refractivity contribution in [3.05, 3.63) is 47.5 Å². The Morgan fingerprint density at radius 1 is 0.853 bits per heavy atom. The van der Waals surface area contributed by atoms with Crippen LogP contribution in [0.25, 0.3) is 0 Å². The van der Waals surface area contributed by atoms with Crippen LogP contribution >= 0.6 is 0 Å². The third kappa shape index (κ3) is 4.78. The van der Waals surface area contributed by atoms with E-state index in [1.807, 2.05) is 0 Å². The molecule has 2 aliphatic rings. The summed E-state index contributed by atoms with van der Waals surface area (Å²) in [7, 11) is 6.20. The minimum Gasteiger partial charge on any atom is -0.497 e. The zero-order valence-corrected chi connectivity index (χ0v) is 19.5. The summed E-state index contributed by atoms with van der Waals surface area (Å²) >= 11 is 0. The number of ether oxygens (including phenoxy) is 8. The standard InChI is InChI=1S/C24H30O10/c1-27-14-6-7-15(18(10-14)29-3)24-32-20-12-31-23(34-22(20)21(33-24)16(26)11-25)13-5-8-17(28-2)19(9-13)30-4/h5-10,16,20-26H,11-12H2,1-4H3/t16-,20+,21+,22+,23?,24?/m0/s1. The summed E-state index contributed by atoms with van der Waals surface area (Å²) in [5.74, 6) is 2.22. The number of fused-ring (bicyclic) bond motifs is 1. The average Bonchev–Trinajstić information content (AvgIpc) is 2.90. The molecule has 0 aliphatic carbocycles. The molecule has 2 aromatic carbocycles. The summed E-state index contributed by atoms with van der Waals surface area (Å²) in [5.41, 5.74) is 1.31. The molecule has 2 fully saturated rings. The van der Waals surface area contributed by atoms with E-state index < -0.39 is 43.6 Å². The third-order valence-corrected chi connectivity index (χ3v) is 5.90. The first kappa shape index (κ1) is 24.5. The van der Waals surface area contributed by atoms with Gasteiger partial charge in [-0.05, 0) is 24.3 Å². The van der Waals surface area contributed by atoms with Gasteiger partial charge in [-0.1, -0.05) is 6.07 Å². The van der Waals surface area contributed by atoms with Gasteiger partial charge in [-0.25, -0.2) is 0 Å². The molecule has 2 N–H and O–H groups in total. The highest BCUT2D eigenvalue weighted by Gasteiger charge is 2.48. The van der Waals surface area contributed by atoms with E-state index in [2.05, 4.69) is 0 Å². The van der Waals surface area contributed by atoms with Crippen molar-refractivity contribution in [3.63, 3.8) is 0 Å². The predicted octanol–water partition coefficient (Wildman–Crippen LogP) is 1.97. The van der Waals surface area contributed by atoms with Crippen LogP contribution in [0.5, 0.6) is 23.0 Å². The van der Waals surface area contributed by atoms with E-state index in [1.54, 1.807) is 57.7 Å². The van der Waals surface area contributed by atoms with Crippen molar-refractivity contribution in [2.75, 3.05) is 41.7 Å². The fourth-order valence-corrected chi connectivity index (χ4v) is 4.11. The van der Waals surface area contributed by atoms with Crippen molar-refractivity contribution >= 4 is 0 Å². The Labute approximate surface area is 197 Å². The molecule has 6 atom stereocenters. The molecule has 10 nitrogen and oxygen atoms in total. The van der Waals surface area contributed by atoms with Gasteiger partial charge >= 0.3 is 0 Å². The number of aliphatic hydroxyl groups is 2. The lowest BCUT2D eigenvalue weighted by Gasteiger charge is -2.47. The number of aliphatic hydroxyl groups excluding tert-OH is 2. The molecule has 2 saturated heterocycles. The van der Waals surface area contributed by atoms with Gasteiger partial charge in [0.25, 0.3) is 0 Å². The van der Waals surface area contributed by atoms with Gasteiger partial charge in [0.15, 0.2) is 24.1 Å². The molecule has 2 heterocycles.